The van der Waals surface area contributed by atoms with Gasteiger partial charge in [-0.3, -0.25) is 4.90 Å². The fourth-order valence-electron chi connectivity index (χ4n) is 2.34. The van der Waals surface area contributed by atoms with Gasteiger partial charge >= 0.3 is 6.09 Å². The molecule has 2 aromatic carbocycles. The highest BCUT2D eigenvalue weighted by Gasteiger charge is 2.32. The molecule has 0 spiro atoms. The summed E-state index contributed by atoms with van der Waals surface area (Å²) in [6, 6.07) is 14.9. The van der Waals surface area contributed by atoms with Crippen LogP contribution in [0.3, 0.4) is 0 Å². The topological polar surface area (TPSA) is 38.8 Å². The van der Waals surface area contributed by atoms with E-state index in [0.717, 1.165) is 17.0 Å². The summed E-state index contributed by atoms with van der Waals surface area (Å²) >= 11 is 5.86. The number of carbonyl (C=O) groups excluding carboxylic acids is 1. The Hall–Kier alpha value is -2.20. The van der Waals surface area contributed by atoms with Gasteiger partial charge in [-0.2, -0.15) is 0 Å². The summed E-state index contributed by atoms with van der Waals surface area (Å²) in [7, 11) is 0. The van der Waals surface area contributed by atoms with Crippen LogP contribution >= 0.6 is 11.6 Å². The van der Waals surface area contributed by atoms with Gasteiger partial charge in [0.2, 0.25) is 0 Å². The Morgan fingerprint density at radius 1 is 1.23 bits per heavy atom. The molecule has 1 atom stereocenters. The lowest BCUT2D eigenvalue weighted by molar-refractivity contribution is 0.105. The summed E-state index contributed by atoms with van der Waals surface area (Å²) in [6.07, 6.45) is -0.650. The quantitative estimate of drug-likeness (QED) is 0.854. The molecule has 1 saturated heterocycles. The first-order valence-electron chi connectivity index (χ1n) is 7.05. The average molecular weight is 318 g/mol. The lowest BCUT2D eigenvalue weighted by atomic mass is 10.2. The first-order valence-corrected chi connectivity index (χ1v) is 7.43. The van der Waals surface area contributed by atoms with E-state index < -0.39 is 0 Å². The van der Waals surface area contributed by atoms with Gasteiger partial charge in [0.1, 0.15) is 12.4 Å². The highest BCUT2D eigenvalue weighted by Crippen LogP contribution is 2.24. The van der Waals surface area contributed by atoms with Crippen LogP contribution in [0.15, 0.2) is 48.5 Å². The number of para-hydroxylation sites is 1. The number of anilines is 1. The van der Waals surface area contributed by atoms with Crippen LogP contribution in [0.4, 0.5) is 10.5 Å². The maximum atomic E-state index is 12.0. The molecule has 5 heteroatoms. The minimum atomic E-state index is -0.360. The maximum Gasteiger partial charge on any atom is 0.414 e. The Morgan fingerprint density at radius 3 is 2.68 bits per heavy atom. The number of halogens is 1. The number of ether oxygens (including phenoxy) is 2. The number of rotatable bonds is 4. The summed E-state index contributed by atoms with van der Waals surface area (Å²) in [5.41, 5.74) is 1.83. The molecule has 3 rings (SSSR count). The molecule has 4 nitrogen and oxygen atoms in total. The van der Waals surface area contributed by atoms with Crippen molar-refractivity contribution in [3.63, 3.8) is 0 Å². The molecular formula is C17H16ClNO3. The summed E-state index contributed by atoms with van der Waals surface area (Å²) in [6.45, 7) is 2.78. The molecule has 1 heterocycles. The van der Waals surface area contributed by atoms with Crippen molar-refractivity contribution >= 4 is 23.4 Å². The second-order valence-electron chi connectivity index (χ2n) is 5.17. The molecule has 0 aliphatic carbocycles. The van der Waals surface area contributed by atoms with E-state index in [1.807, 2.05) is 31.2 Å². The van der Waals surface area contributed by atoms with Crippen molar-refractivity contribution in [3.8, 4) is 5.75 Å². The monoisotopic (exact) mass is 317 g/mol. The highest BCUT2D eigenvalue weighted by molar-refractivity contribution is 6.30. The highest BCUT2D eigenvalue weighted by atomic mass is 35.5. The minimum Gasteiger partial charge on any atom is -0.489 e. The van der Waals surface area contributed by atoms with Gasteiger partial charge in [-0.15, -0.1) is 0 Å². The Labute approximate surface area is 134 Å². The first kappa shape index (κ1) is 14.7. The number of nitrogens with zero attached hydrogens (tertiary/aromatic N) is 1. The van der Waals surface area contributed by atoms with Gasteiger partial charge in [0.25, 0.3) is 0 Å². The molecular weight excluding hydrogens is 302 g/mol. The lowest BCUT2D eigenvalue weighted by Gasteiger charge is -2.13. The molecule has 0 saturated carbocycles. The number of cyclic esters (lactones) is 1. The molecule has 1 unspecified atom stereocenters. The van der Waals surface area contributed by atoms with E-state index in [1.165, 1.54) is 0 Å². The van der Waals surface area contributed by atoms with E-state index >= 15 is 0 Å². The van der Waals surface area contributed by atoms with E-state index in [4.69, 9.17) is 21.1 Å². The van der Waals surface area contributed by atoms with Crippen molar-refractivity contribution in [2.24, 2.45) is 0 Å². The number of aryl methyl sites for hydroxylation is 1. The zero-order valence-corrected chi connectivity index (χ0v) is 12.9. The standard InChI is InChI=1S/C17H16ClNO3/c1-12-4-2-3-5-16(12)21-11-15-10-19(17(20)22-15)14-8-6-13(18)7-9-14/h2-9,15H,10-11H2,1H3. The Bertz CT molecular complexity index is 672. The predicted molar refractivity (Wildman–Crippen MR) is 85.7 cm³/mol. The van der Waals surface area contributed by atoms with Crippen molar-refractivity contribution in [1.82, 2.24) is 0 Å². The smallest absolute Gasteiger partial charge is 0.414 e. The number of amides is 1. The summed E-state index contributed by atoms with van der Waals surface area (Å²) in [5, 5.41) is 0.635. The van der Waals surface area contributed by atoms with Gasteiger partial charge in [-0.1, -0.05) is 29.8 Å². The van der Waals surface area contributed by atoms with Crippen molar-refractivity contribution < 1.29 is 14.3 Å². The molecule has 0 aromatic heterocycles. The molecule has 22 heavy (non-hydrogen) atoms. The van der Waals surface area contributed by atoms with Crippen LogP contribution in [-0.2, 0) is 4.74 Å². The molecule has 0 radical (unpaired) electrons. The van der Waals surface area contributed by atoms with Crippen molar-refractivity contribution in [1.29, 1.82) is 0 Å². The number of carbonyl (C=O) groups is 1. The van der Waals surface area contributed by atoms with Gasteiger partial charge in [0.15, 0.2) is 6.10 Å². The van der Waals surface area contributed by atoms with E-state index in [1.54, 1.807) is 29.2 Å². The molecule has 1 amide bonds. The lowest BCUT2D eigenvalue weighted by Crippen LogP contribution is -2.26. The normalized spacial score (nSPS) is 17.5. The molecule has 114 valence electrons. The van der Waals surface area contributed by atoms with Crippen LogP contribution in [0.5, 0.6) is 5.75 Å². The fraction of sp³-hybridized carbons (Fsp3) is 0.235. The van der Waals surface area contributed by atoms with E-state index in [0.29, 0.717) is 18.2 Å². The molecule has 0 bridgehead atoms. The van der Waals surface area contributed by atoms with Crippen LogP contribution in [0, 0.1) is 6.92 Å². The minimum absolute atomic E-state index is 0.289. The third kappa shape index (κ3) is 3.17. The van der Waals surface area contributed by atoms with E-state index in [9.17, 15) is 4.79 Å². The van der Waals surface area contributed by atoms with Crippen molar-refractivity contribution in [2.75, 3.05) is 18.1 Å². The second kappa shape index (κ2) is 6.28. The molecule has 1 fully saturated rings. The zero-order chi connectivity index (χ0) is 15.5. The molecule has 0 N–H and O–H groups in total. The van der Waals surface area contributed by atoms with Gasteiger partial charge in [-0.25, -0.2) is 4.79 Å². The Balaban J connectivity index is 1.62. The third-order valence-electron chi connectivity index (χ3n) is 3.53. The van der Waals surface area contributed by atoms with E-state index in [2.05, 4.69) is 0 Å². The predicted octanol–water partition coefficient (Wildman–Crippen LogP) is 4.05. The largest absolute Gasteiger partial charge is 0.489 e. The van der Waals surface area contributed by atoms with Crippen LogP contribution in [-0.4, -0.2) is 25.3 Å². The Kier molecular flexibility index (Phi) is 4.20. The molecule has 1 aliphatic heterocycles. The van der Waals surface area contributed by atoms with Gasteiger partial charge in [0.05, 0.1) is 6.54 Å². The summed E-state index contributed by atoms with van der Waals surface area (Å²) < 4.78 is 11.1. The first-order chi connectivity index (χ1) is 10.6. The van der Waals surface area contributed by atoms with Crippen molar-refractivity contribution in [2.45, 2.75) is 13.0 Å². The fourth-order valence-corrected chi connectivity index (χ4v) is 2.47. The Morgan fingerprint density at radius 2 is 1.95 bits per heavy atom. The van der Waals surface area contributed by atoms with Gasteiger partial charge < -0.3 is 9.47 Å². The number of hydrogen-bond donors (Lipinski definition) is 0. The third-order valence-corrected chi connectivity index (χ3v) is 3.78. The second-order valence-corrected chi connectivity index (χ2v) is 5.61. The van der Waals surface area contributed by atoms with Gasteiger partial charge in [0, 0.05) is 10.7 Å². The van der Waals surface area contributed by atoms with Crippen LogP contribution in [0.25, 0.3) is 0 Å². The van der Waals surface area contributed by atoms with Crippen LogP contribution in [0.1, 0.15) is 5.56 Å². The van der Waals surface area contributed by atoms with Crippen LogP contribution < -0.4 is 9.64 Å². The summed E-state index contributed by atoms with van der Waals surface area (Å²) in [5.74, 6) is 0.809. The SMILES string of the molecule is Cc1ccccc1OCC1CN(c2ccc(Cl)cc2)C(=O)O1. The number of hydrogen-bond acceptors (Lipinski definition) is 3. The van der Waals surface area contributed by atoms with E-state index in [-0.39, 0.29) is 12.2 Å². The molecule has 1 aliphatic rings. The maximum absolute atomic E-state index is 12.0. The number of benzene rings is 2. The zero-order valence-electron chi connectivity index (χ0n) is 12.2. The van der Waals surface area contributed by atoms with Gasteiger partial charge in [-0.05, 0) is 42.8 Å². The summed E-state index contributed by atoms with van der Waals surface area (Å²) in [4.78, 5) is 13.5. The average Bonchev–Trinajstić information content (AvgIpc) is 2.88. The molecule has 2 aromatic rings. The van der Waals surface area contributed by atoms with Crippen LogP contribution in [0.2, 0.25) is 5.02 Å². The van der Waals surface area contributed by atoms with Crippen molar-refractivity contribution in [3.05, 3.63) is 59.1 Å².